The Kier molecular flexibility index (Phi) is 5.98. The summed E-state index contributed by atoms with van der Waals surface area (Å²) in [6.45, 7) is 1.77. The highest BCUT2D eigenvalue weighted by Gasteiger charge is 2.45. The Hall–Kier alpha value is -2.28. The summed E-state index contributed by atoms with van der Waals surface area (Å²) in [5.41, 5.74) is 2.26. The van der Waals surface area contributed by atoms with Crippen LogP contribution in [0.3, 0.4) is 0 Å². The molecule has 6 heteroatoms. The zero-order chi connectivity index (χ0) is 18.5. The minimum absolute atomic E-state index is 0.155. The summed E-state index contributed by atoms with van der Waals surface area (Å²) in [4.78, 5) is 12.0. The van der Waals surface area contributed by atoms with Gasteiger partial charge in [0.15, 0.2) is 12.5 Å². The van der Waals surface area contributed by atoms with Crippen LogP contribution in [0.1, 0.15) is 21.5 Å². The van der Waals surface area contributed by atoms with E-state index in [0.29, 0.717) is 5.56 Å². The van der Waals surface area contributed by atoms with Crippen LogP contribution in [0, 0.1) is 6.92 Å². The molecule has 26 heavy (non-hydrogen) atoms. The Labute approximate surface area is 151 Å². The number of hydrogen-bond acceptors (Lipinski definition) is 5. The normalized spacial score (nSPS) is 25.2. The molecule has 4 atom stereocenters. The summed E-state index contributed by atoms with van der Waals surface area (Å²) < 4.78 is 30.2. The molecular weight excluding hydrogens is 339 g/mol. The summed E-state index contributed by atoms with van der Waals surface area (Å²) in [6.07, 6.45) is -5.20. The first-order chi connectivity index (χ1) is 12.5. The fourth-order valence-corrected chi connectivity index (χ4v) is 2.70. The molecule has 1 heterocycles. The lowest BCUT2D eigenvalue weighted by Gasteiger charge is -2.16. The number of esters is 1. The van der Waals surface area contributed by atoms with Crippen molar-refractivity contribution >= 4 is 5.97 Å². The Morgan fingerprint density at radius 1 is 1.15 bits per heavy atom. The molecule has 0 aliphatic carbocycles. The van der Waals surface area contributed by atoms with E-state index in [1.165, 1.54) is 0 Å². The molecule has 1 aliphatic rings. The van der Waals surface area contributed by atoms with E-state index >= 15 is 0 Å². The molecule has 1 saturated heterocycles. The number of carbonyl (C=O) groups excluding carboxylic acids is 1. The van der Waals surface area contributed by atoms with Crippen LogP contribution in [-0.2, 0) is 20.8 Å². The second kappa shape index (κ2) is 8.40. The Balaban J connectivity index is 1.51. The molecule has 0 amide bonds. The molecule has 1 unspecified atom stereocenters. The van der Waals surface area contributed by atoms with Gasteiger partial charge in [-0.2, -0.15) is 0 Å². The van der Waals surface area contributed by atoms with Gasteiger partial charge in [0, 0.05) is 0 Å². The van der Waals surface area contributed by atoms with Gasteiger partial charge in [0.1, 0.15) is 18.8 Å². The monoisotopic (exact) mass is 360 g/mol. The lowest BCUT2D eigenvalue weighted by molar-refractivity contribution is -0.149. The molecular formula is C20H21FO5. The molecule has 5 nitrogen and oxygen atoms in total. The van der Waals surface area contributed by atoms with Gasteiger partial charge in [-0.05, 0) is 24.6 Å². The Morgan fingerprint density at radius 3 is 2.54 bits per heavy atom. The van der Waals surface area contributed by atoms with Crippen LogP contribution in [0.2, 0.25) is 0 Å². The number of rotatable bonds is 6. The lowest BCUT2D eigenvalue weighted by Crippen LogP contribution is -2.33. The van der Waals surface area contributed by atoms with Gasteiger partial charge in [0.25, 0.3) is 0 Å². The van der Waals surface area contributed by atoms with Gasteiger partial charge < -0.3 is 19.3 Å². The van der Waals surface area contributed by atoms with Crippen molar-refractivity contribution in [2.75, 3.05) is 6.61 Å². The van der Waals surface area contributed by atoms with Crippen molar-refractivity contribution in [2.45, 2.75) is 38.2 Å². The van der Waals surface area contributed by atoms with Crippen LogP contribution in [0.25, 0.3) is 0 Å². The molecule has 2 aromatic rings. The smallest absolute Gasteiger partial charge is 0.338 e. The van der Waals surface area contributed by atoms with Crippen molar-refractivity contribution in [3.8, 4) is 0 Å². The maximum absolute atomic E-state index is 14.5. The summed E-state index contributed by atoms with van der Waals surface area (Å²) in [7, 11) is 0. The van der Waals surface area contributed by atoms with E-state index in [2.05, 4.69) is 0 Å². The molecule has 3 rings (SSSR count). The van der Waals surface area contributed by atoms with Crippen LogP contribution >= 0.6 is 0 Å². The van der Waals surface area contributed by atoms with Gasteiger partial charge in [-0.25, -0.2) is 9.18 Å². The number of carbonyl (C=O) groups is 1. The first-order valence-corrected chi connectivity index (χ1v) is 8.41. The van der Waals surface area contributed by atoms with E-state index in [9.17, 15) is 14.3 Å². The first-order valence-electron chi connectivity index (χ1n) is 8.41. The van der Waals surface area contributed by atoms with Crippen LogP contribution < -0.4 is 0 Å². The largest absolute Gasteiger partial charge is 0.459 e. The minimum Gasteiger partial charge on any atom is -0.459 e. The number of aryl methyl sites for hydroxylation is 1. The van der Waals surface area contributed by atoms with Crippen molar-refractivity contribution < 1.29 is 28.5 Å². The Bertz CT molecular complexity index is 719. The van der Waals surface area contributed by atoms with Gasteiger partial charge in [-0.15, -0.1) is 0 Å². The van der Waals surface area contributed by atoms with E-state index in [1.54, 1.807) is 24.3 Å². The molecule has 1 N–H and O–H groups in total. The third-order valence-electron chi connectivity index (χ3n) is 4.22. The van der Waals surface area contributed by atoms with Crippen molar-refractivity contribution in [3.63, 3.8) is 0 Å². The van der Waals surface area contributed by atoms with Crippen LogP contribution in [0.4, 0.5) is 4.39 Å². The number of aliphatic hydroxyl groups excluding tert-OH is 1. The minimum atomic E-state index is -1.60. The number of alkyl halides is 1. The standard InChI is InChI=1S/C20H21FO5/c1-13-7-9-15(10-8-13)19(22)25-12-16-17(21)18(20(23)26-16)24-11-14-5-3-2-4-6-14/h2-10,16-18,20,23H,11-12H2,1H3/t16-,17-,18+,20?/m1/s1. The number of aliphatic hydroxyl groups is 1. The van der Waals surface area contributed by atoms with E-state index < -0.39 is 30.6 Å². The molecule has 0 radical (unpaired) electrons. The molecule has 2 aromatic carbocycles. The lowest BCUT2D eigenvalue weighted by atomic mass is 10.1. The van der Waals surface area contributed by atoms with E-state index in [-0.39, 0.29) is 13.2 Å². The molecule has 0 aromatic heterocycles. The highest BCUT2D eigenvalue weighted by atomic mass is 19.1. The van der Waals surface area contributed by atoms with Gasteiger partial charge in [-0.3, -0.25) is 0 Å². The maximum atomic E-state index is 14.5. The number of benzene rings is 2. The molecule has 0 spiro atoms. The number of ether oxygens (including phenoxy) is 3. The summed E-state index contributed by atoms with van der Waals surface area (Å²) in [5.74, 6) is -0.566. The van der Waals surface area contributed by atoms with E-state index in [0.717, 1.165) is 11.1 Å². The molecule has 138 valence electrons. The third-order valence-corrected chi connectivity index (χ3v) is 4.22. The Morgan fingerprint density at radius 2 is 1.85 bits per heavy atom. The average Bonchev–Trinajstić information content (AvgIpc) is 2.92. The van der Waals surface area contributed by atoms with Crippen molar-refractivity contribution in [3.05, 3.63) is 71.3 Å². The van der Waals surface area contributed by atoms with Crippen molar-refractivity contribution in [1.82, 2.24) is 0 Å². The fourth-order valence-electron chi connectivity index (χ4n) is 2.70. The quantitative estimate of drug-likeness (QED) is 0.803. The topological polar surface area (TPSA) is 65.0 Å². The third kappa shape index (κ3) is 4.46. The van der Waals surface area contributed by atoms with Crippen LogP contribution in [0.15, 0.2) is 54.6 Å². The van der Waals surface area contributed by atoms with E-state index in [1.807, 2.05) is 37.3 Å². The zero-order valence-corrected chi connectivity index (χ0v) is 14.4. The first kappa shape index (κ1) is 18.5. The molecule has 0 bridgehead atoms. The number of halogens is 1. The maximum Gasteiger partial charge on any atom is 0.338 e. The van der Waals surface area contributed by atoms with Crippen LogP contribution in [0.5, 0.6) is 0 Å². The van der Waals surface area contributed by atoms with E-state index in [4.69, 9.17) is 14.2 Å². The highest BCUT2D eigenvalue weighted by molar-refractivity contribution is 5.89. The van der Waals surface area contributed by atoms with Crippen LogP contribution in [-0.4, -0.2) is 42.4 Å². The molecule has 1 fully saturated rings. The second-order valence-electron chi connectivity index (χ2n) is 6.24. The molecule has 0 saturated carbocycles. The number of hydrogen-bond donors (Lipinski definition) is 1. The summed E-state index contributed by atoms with van der Waals surface area (Å²) in [6, 6.07) is 16.1. The average molecular weight is 360 g/mol. The summed E-state index contributed by atoms with van der Waals surface area (Å²) >= 11 is 0. The van der Waals surface area contributed by atoms with Gasteiger partial charge in [0.05, 0.1) is 12.2 Å². The zero-order valence-electron chi connectivity index (χ0n) is 14.4. The van der Waals surface area contributed by atoms with Gasteiger partial charge in [-0.1, -0.05) is 48.0 Å². The SMILES string of the molecule is Cc1ccc(C(=O)OC[C@H]2OC(O)[C@@H](OCc3ccccc3)[C@@H]2F)cc1. The summed E-state index contributed by atoms with van der Waals surface area (Å²) in [5, 5.41) is 9.89. The van der Waals surface area contributed by atoms with Crippen molar-refractivity contribution in [2.24, 2.45) is 0 Å². The second-order valence-corrected chi connectivity index (χ2v) is 6.24. The fraction of sp³-hybridized carbons (Fsp3) is 0.350. The van der Waals surface area contributed by atoms with Crippen molar-refractivity contribution in [1.29, 1.82) is 0 Å². The van der Waals surface area contributed by atoms with Gasteiger partial charge >= 0.3 is 5.97 Å². The highest BCUT2D eigenvalue weighted by Crippen LogP contribution is 2.26. The molecule has 1 aliphatic heterocycles. The van der Waals surface area contributed by atoms with Gasteiger partial charge in [0.2, 0.25) is 0 Å². The predicted molar refractivity (Wildman–Crippen MR) is 92.3 cm³/mol. The predicted octanol–water partition coefficient (Wildman–Crippen LogP) is 2.79.